The summed E-state index contributed by atoms with van der Waals surface area (Å²) in [6.45, 7) is 2.01. The molecule has 0 saturated heterocycles. The Bertz CT molecular complexity index is 1530. The minimum atomic E-state index is -3.71. The quantitative estimate of drug-likeness (QED) is 0.415. The minimum absolute atomic E-state index is 0.180. The van der Waals surface area contributed by atoms with Gasteiger partial charge in [0, 0.05) is 12.5 Å². The molecule has 0 fully saturated rings. The van der Waals surface area contributed by atoms with Gasteiger partial charge in [-0.15, -0.1) is 10.2 Å². The highest BCUT2D eigenvalue weighted by atomic mass is 32.2. The Morgan fingerprint density at radius 2 is 1.72 bits per heavy atom. The number of aromatic nitrogens is 4. The Morgan fingerprint density at radius 3 is 2.53 bits per heavy atom. The van der Waals surface area contributed by atoms with Crippen molar-refractivity contribution in [2.24, 2.45) is 0 Å². The summed E-state index contributed by atoms with van der Waals surface area (Å²) in [5.41, 5.74) is 2.50. The third-order valence-electron chi connectivity index (χ3n) is 4.94. The fourth-order valence-corrected chi connectivity index (χ4v) is 4.53. The zero-order valence-corrected chi connectivity index (χ0v) is 18.0. The number of aryl methyl sites for hydroxylation is 1. The first-order valence-corrected chi connectivity index (χ1v) is 11.5. The Kier molecular flexibility index (Phi) is 4.95. The Labute approximate surface area is 184 Å². The molecule has 32 heavy (non-hydrogen) atoms. The average Bonchev–Trinajstić information content (AvgIpc) is 3.25. The van der Waals surface area contributed by atoms with Gasteiger partial charge in [-0.2, -0.15) is 0 Å². The van der Waals surface area contributed by atoms with Crippen molar-refractivity contribution in [2.75, 3.05) is 4.72 Å². The van der Waals surface area contributed by atoms with Crippen molar-refractivity contribution in [1.82, 2.24) is 19.6 Å². The molecule has 0 amide bonds. The molecule has 0 aliphatic heterocycles. The zero-order chi connectivity index (χ0) is 22.1. The van der Waals surface area contributed by atoms with Crippen molar-refractivity contribution in [2.45, 2.75) is 18.2 Å². The molecule has 0 unspecified atom stereocenters. The third kappa shape index (κ3) is 3.63. The van der Waals surface area contributed by atoms with E-state index < -0.39 is 10.0 Å². The summed E-state index contributed by atoms with van der Waals surface area (Å²) < 4.78 is 35.8. The SMILES string of the molecule is CCc1nnc2c(Oc3cccc(NS(=O)(=O)c4ccccc4)c3)nc3ccccc3n12. The van der Waals surface area contributed by atoms with Crippen LogP contribution < -0.4 is 9.46 Å². The number of anilines is 1. The van der Waals surface area contributed by atoms with Crippen molar-refractivity contribution >= 4 is 32.4 Å². The maximum absolute atomic E-state index is 12.6. The predicted molar refractivity (Wildman–Crippen MR) is 121 cm³/mol. The summed E-state index contributed by atoms with van der Waals surface area (Å²) >= 11 is 0. The summed E-state index contributed by atoms with van der Waals surface area (Å²) in [5, 5.41) is 8.54. The number of hydrogen-bond donors (Lipinski definition) is 1. The molecule has 2 aromatic heterocycles. The van der Waals surface area contributed by atoms with E-state index in [4.69, 9.17) is 4.74 Å². The molecule has 5 rings (SSSR count). The van der Waals surface area contributed by atoms with Gasteiger partial charge in [-0.25, -0.2) is 13.4 Å². The molecule has 0 spiro atoms. The molecular formula is C23H19N5O3S. The highest BCUT2D eigenvalue weighted by Crippen LogP contribution is 2.29. The largest absolute Gasteiger partial charge is 0.436 e. The molecule has 5 aromatic rings. The van der Waals surface area contributed by atoms with E-state index in [1.807, 2.05) is 35.6 Å². The molecule has 160 valence electrons. The molecule has 0 saturated carbocycles. The normalized spacial score (nSPS) is 11.7. The number of benzene rings is 3. The van der Waals surface area contributed by atoms with Gasteiger partial charge in [0.05, 0.1) is 21.6 Å². The summed E-state index contributed by atoms with van der Waals surface area (Å²) in [4.78, 5) is 4.79. The van der Waals surface area contributed by atoms with Crippen LogP contribution in [0.5, 0.6) is 11.6 Å². The van der Waals surface area contributed by atoms with Gasteiger partial charge in [0.15, 0.2) is 0 Å². The molecule has 0 radical (unpaired) electrons. The number of para-hydroxylation sites is 2. The van der Waals surface area contributed by atoms with Crippen molar-refractivity contribution in [3.05, 3.63) is 84.7 Å². The monoisotopic (exact) mass is 445 g/mol. The molecule has 0 aliphatic carbocycles. The highest BCUT2D eigenvalue weighted by Gasteiger charge is 2.17. The van der Waals surface area contributed by atoms with E-state index in [0.717, 1.165) is 16.9 Å². The van der Waals surface area contributed by atoms with Crippen molar-refractivity contribution in [1.29, 1.82) is 0 Å². The zero-order valence-electron chi connectivity index (χ0n) is 17.1. The number of rotatable bonds is 6. The predicted octanol–water partition coefficient (Wildman–Crippen LogP) is 4.43. The lowest BCUT2D eigenvalue weighted by Gasteiger charge is -2.11. The third-order valence-corrected chi connectivity index (χ3v) is 6.33. The molecule has 0 bridgehead atoms. The number of ether oxygens (including phenoxy) is 1. The number of fused-ring (bicyclic) bond motifs is 3. The van der Waals surface area contributed by atoms with E-state index in [2.05, 4.69) is 19.9 Å². The van der Waals surface area contributed by atoms with Crippen LogP contribution in [-0.2, 0) is 16.4 Å². The topological polar surface area (TPSA) is 98.5 Å². The second-order valence-electron chi connectivity index (χ2n) is 7.08. The molecule has 2 heterocycles. The maximum Gasteiger partial charge on any atom is 0.266 e. The number of nitrogens with one attached hydrogen (secondary N) is 1. The van der Waals surface area contributed by atoms with E-state index in [-0.39, 0.29) is 4.90 Å². The molecule has 8 nitrogen and oxygen atoms in total. The van der Waals surface area contributed by atoms with Gasteiger partial charge in [0.25, 0.3) is 15.9 Å². The second-order valence-corrected chi connectivity index (χ2v) is 8.77. The van der Waals surface area contributed by atoms with Gasteiger partial charge in [-0.05, 0) is 36.4 Å². The van der Waals surface area contributed by atoms with E-state index in [1.54, 1.807) is 42.5 Å². The van der Waals surface area contributed by atoms with Gasteiger partial charge in [-0.1, -0.05) is 43.3 Å². The summed E-state index contributed by atoms with van der Waals surface area (Å²) in [5.74, 6) is 1.51. The maximum atomic E-state index is 12.6. The molecule has 1 N–H and O–H groups in total. The fourth-order valence-electron chi connectivity index (χ4n) is 3.46. The molecule has 0 aliphatic rings. The van der Waals surface area contributed by atoms with Crippen molar-refractivity contribution in [3.63, 3.8) is 0 Å². The number of hydrogen-bond acceptors (Lipinski definition) is 6. The summed E-state index contributed by atoms with van der Waals surface area (Å²) in [7, 11) is -3.71. The van der Waals surface area contributed by atoms with E-state index in [0.29, 0.717) is 29.4 Å². The Balaban J connectivity index is 1.52. The molecular weight excluding hydrogens is 426 g/mol. The van der Waals surface area contributed by atoms with Crippen LogP contribution >= 0.6 is 0 Å². The first kappa shape index (κ1) is 20.0. The van der Waals surface area contributed by atoms with Gasteiger partial charge in [-0.3, -0.25) is 9.12 Å². The van der Waals surface area contributed by atoms with Crippen molar-refractivity contribution in [3.8, 4) is 11.6 Å². The lowest BCUT2D eigenvalue weighted by molar-refractivity contribution is 0.467. The van der Waals surface area contributed by atoms with Crippen LogP contribution in [-0.4, -0.2) is 28.0 Å². The molecule has 3 aromatic carbocycles. The van der Waals surface area contributed by atoms with Crippen LogP contribution in [0.15, 0.2) is 83.8 Å². The molecule has 9 heteroatoms. The van der Waals surface area contributed by atoms with Gasteiger partial charge >= 0.3 is 0 Å². The smallest absolute Gasteiger partial charge is 0.266 e. The van der Waals surface area contributed by atoms with Crippen LogP contribution in [0.4, 0.5) is 5.69 Å². The van der Waals surface area contributed by atoms with Crippen LogP contribution in [0.1, 0.15) is 12.7 Å². The first-order valence-electron chi connectivity index (χ1n) is 10.0. The lowest BCUT2D eigenvalue weighted by atomic mass is 10.3. The van der Waals surface area contributed by atoms with E-state index >= 15 is 0 Å². The van der Waals surface area contributed by atoms with E-state index in [1.165, 1.54) is 12.1 Å². The van der Waals surface area contributed by atoms with Crippen molar-refractivity contribution < 1.29 is 13.2 Å². The Morgan fingerprint density at radius 1 is 0.938 bits per heavy atom. The highest BCUT2D eigenvalue weighted by molar-refractivity contribution is 7.92. The standard InChI is InChI=1S/C23H19N5O3S/c1-2-21-25-26-22-23(24-19-13-6-7-14-20(19)28(21)22)31-17-10-8-9-16(15-17)27-32(29,30)18-11-4-3-5-12-18/h3-15,27H,2H2,1H3. The lowest BCUT2D eigenvalue weighted by Crippen LogP contribution is -2.12. The minimum Gasteiger partial charge on any atom is -0.436 e. The average molecular weight is 446 g/mol. The Hall–Kier alpha value is -3.98. The van der Waals surface area contributed by atoms with Crippen LogP contribution in [0.2, 0.25) is 0 Å². The van der Waals surface area contributed by atoms with Crippen LogP contribution in [0.25, 0.3) is 16.7 Å². The van der Waals surface area contributed by atoms with Gasteiger partial charge < -0.3 is 4.74 Å². The van der Waals surface area contributed by atoms with Crippen LogP contribution in [0, 0.1) is 0 Å². The number of nitrogens with zero attached hydrogens (tertiary/aromatic N) is 4. The summed E-state index contributed by atoms with van der Waals surface area (Å²) in [6.07, 6.45) is 0.700. The molecule has 0 atom stereocenters. The van der Waals surface area contributed by atoms with E-state index in [9.17, 15) is 8.42 Å². The van der Waals surface area contributed by atoms with Gasteiger partial charge in [0.2, 0.25) is 5.65 Å². The number of sulfonamides is 1. The summed E-state index contributed by atoms with van der Waals surface area (Å²) in [6, 6.07) is 22.6. The van der Waals surface area contributed by atoms with Crippen LogP contribution in [0.3, 0.4) is 0 Å². The second kappa shape index (κ2) is 7.93. The fraction of sp³-hybridized carbons (Fsp3) is 0.0870. The first-order chi connectivity index (χ1) is 15.5. The van der Waals surface area contributed by atoms with Gasteiger partial charge in [0.1, 0.15) is 11.6 Å².